The Hall–Kier alpha value is -1.87. The van der Waals surface area contributed by atoms with Gasteiger partial charge in [-0.05, 0) is 56.1 Å². The largest absolute Gasteiger partial charge is 0.489 e. The Bertz CT molecular complexity index is 575. The van der Waals surface area contributed by atoms with Gasteiger partial charge in [0.1, 0.15) is 18.2 Å². The molecule has 2 aromatic carbocycles. The van der Waals surface area contributed by atoms with E-state index >= 15 is 0 Å². The summed E-state index contributed by atoms with van der Waals surface area (Å²) >= 11 is 0. The molecule has 0 amide bonds. The summed E-state index contributed by atoms with van der Waals surface area (Å²) in [5.74, 6) is 0.447. The van der Waals surface area contributed by atoms with Crippen molar-refractivity contribution in [2.24, 2.45) is 5.73 Å². The summed E-state index contributed by atoms with van der Waals surface area (Å²) in [6, 6.07) is 10.9. The lowest BCUT2D eigenvalue weighted by atomic mass is 10.1. The van der Waals surface area contributed by atoms with Crippen molar-refractivity contribution in [3.05, 3.63) is 64.5 Å². The molecule has 0 unspecified atom stereocenters. The van der Waals surface area contributed by atoms with Crippen LogP contribution in [0, 0.1) is 19.7 Å². The molecule has 2 rings (SSSR count). The van der Waals surface area contributed by atoms with E-state index in [1.807, 2.05) is 0 Å². The van der Waals surface area contributed by atoms with Crippen molar-refractivity contribution in [1.82, 2.24) is 0 Å². The zero-order valence-corrected chi connectivity index (χ0v) is 11.9. The third kappa shape index (κ3) is 3.81. The van der Waals surface area contributed by atoms with Crippen LogP contribution in [0.25, 0.3) is 0 Å². The second-order valence-corrected chi connectivity index (χ2v) is 5.08. The molecule has 0 aliphatic heterocycles. The first-order valence-electron chi connectivity index (χ1n) is 6.77. The number of hydrogen-bond donors (Lipinski definition) is 1. The summed E-state index contributed by atoms with van der Waals surface area (Å²) < 4.78 is 19.1. The van der Waals surface area contributed by atoms with Crippen molar-refractivity contribution >= 4 is 0 Å². The van der Waals surface area contributed by atoms with Crippen LogP contribution >= 0.6 is 0 Å². The maximum atomic E-state index is 13.2. The summed E-state index contributed by atoms with van der Waals surface area (Å²) in [5, 5.41) is 0. The number of halogens is 1. The number of hydrogen-bond acceptors (Lipinski definition) is 2. The van der Waals surface area contributed by atoms with Crippen molar-refractivity contribution < 1.29 is 9.13 Å². The predicted molar refractivity (Wildman–Crippen MR) is 79.4 cm³/mol. The minimum absolute atomic E-state index is 0.257. The van der Waals surface area contributed by atoms with E-state index in [1.54, 1.807) is 6.07 Å². The second kappa shape index (κ2) is 6.53. The third-order valence-corrected chi connectivity index (χ3v) is 3.11. The Balaban J connectivity index is 2.13. The molecular formula is C17H20FNO. The Morgan fingerprint density at radius 3 is 2.40 bits per heavy atom. The van der Waals surface area contributed by atoms with Gasteiger partial charge in [-0.1, -0.05) is 29.3 Å². The van der Waals surface area contributed by atoms with E-state index in [4.69, 9.17) is 10.5 Å². The van der Waals surface area contributed by atoms with Gasteiger partial charge >= 0.3 is 0 Å². The summed E-state index contributed by atoms with van der Waals surface area (Å²) in [7, 11) is 0. The molecule has 0 aliphatic rings. The van der Waals surface area contributed by atoms with Gasteiger partial charge in [-0.2, -0.15) is 0 Å². The Kier molecular flexibility index (Phi) is 4.74. The highest BCUT2D eigenvalue weighted by Crippen LogP contribution is 2.21. The molecule has 0 spiro atoms. The average Bonchev–Trinajstić information content (AvgIpc) is 2.37. The molecule has 0 atom stereocenters. The fraction of sp³-hybridized carbons (Fsp3) is 0.294. The summed E-state index contributed by atoms with van der Waals surface area (Å²) in [6.07, 6.45) is 0.611. The number of nitrogens with two attached hydrogens (primary N) is 1. The van der Waals surface area contributed by atoms with Gasteiger partial charge in [0.25, 0.3) is 0 Å². The lowest BCUT2D eigenvalue weighted by Crippen LogP contribution is -2.06. The van der Waals surface area contributed by atoms with Gasteiger partial charge in [0.05, 0.1) is 0 Å². The number of rotatable bonds is 5. The van der Waals surface area contributed by atoms with Gasteiger partial charge in [-0.15, -0.1) is 0 Å². The summed E-state index contributed by atoms with van der Waals surface area (Å²) in [5.41, 5.74) is 9.91. The van der Waals surface area contributed by atoms with Crippen molar-refractivity contribution in [1.29, 1.82) is 0 Å². The lowest BCUT2D eigenvalue weighted by Gasteiger charge is -2.12. The minimum Gasteiger partial charge on any atom is -0.489 e. The summed E-state index contributed by atoms with van der Waals surface area (Å²) in [6.45, 7) is 5.08. The fourth-order valence-electron chi connectivity index (χ4n) is 2.35. The van der Waals surface area contributed by atoms with Crippen LogP contribution < -0.4 is 10.5 Å². The molecule has 0 aliphatic carbocycles. The Morgan fingerprint density at radius 2 is 1.75 bits per heavy atom. The van der Waals surface area contributed by atoms with E-state index in [9.17, 15) is 4.39 Å². The third-order valence-electron chi connectivity index (χ3n) is 3.11. The number of aryl methyl sites for hydroxylation is 2. The van der Waals surface area contributed by atoms with E-state index in [0.717, 1.165) is 11.1 Å². The predicted octanol–water partition coefficient (Wildman–Crippen LogP) is 3.52. The molecule has 0 saturated heterocycles. The molecule has 0 bridgehead atoms. The zero-order chi connectivity index (χ0) is 14.5. The molecule has 3 heteroatoms. The van der Waals surface area contributed by atoms with Gasteiger partial charge in [-0.25, -0.2) is 4.39 Å². The van der Waals surface area contributed by atoms with E-state index in [-0.39, 0.29) is 5.82 Å². The van der Waals surface area contributed by atoms with Crippen molar-refractivity contribution in [3.8, 4) is 5.75 Å². The minimum atomic E-state index is -0.257. The van der Waals surface area contributed by atoms with Gasteiger partial charge in [0.2, 0.25) is 0 Å². The highest BCUT2D eigenvalue weighted by atomic mass is 19.1. The fourth-order valence-corrected chi connectivity index (χ4v) is 2.35. The van der Waals surface area contributed by atoms with Crippen LogP contribution in [-0.2, 0) is 13.0 Å². The van der Waals surface area contributed by atoms with Gasteiger partial charge < -0.3 is 10.5 Å². The standard InChI is InChI=1S/C17H20FNO/c1-12-7-13(2)9-14(8-12)11-20-17-4-3-16(18)10-15(17)5-6-19/h3-4,7-10H,5-6,11,19H2,1-2H3. The first-order valence-corrected chi connectivity index (χ1v) is 6.77. The molecule has 20 heavy (non-hydrogen) atoms. The van der Waals surface area contributed by atoms with Crippen LogP contribution in [0.1, 0.15) is 22.3 Å². The zero-order valence-electron chi connectivity index (χ0n) is 11.9. The van der Waals surface area contributed by atoms with Crippen molar-refractivity contribution in [3.63, 3.8) is 0 Å². The quantitative estimate of drug-likeness (QED) is 0.904. The van der Waals surface area contributed by atoms with Gasteiger partial charge in [0, 0.05) is 0 Å². The maximum absolute atomic E-state index is 13.2. The average molecular weight is 273 g/mol. The molecule has 106 valence electrons. The van der Waals surface area contributed by atoms with Crippen molar-refractivity contribution in [2.75, 3.05) is 6.54 Å². The second-order valence-electron chi connectivity index (χ2n) is 5.08. The van der Waals surface area contributed by atoms with Crippen LogP contribution in [0.4, 0.5) is 4.39 Å². The van der Waals surface area contributed by atoms with Crippen LogP contribution in [0.5, 0.6) is 5.75 Å². The van der Waals surface area contributed by atoms with Gasteiger partial charge in [0.15, 0.2) is 0 Å². The molecule has 0 saturated carbocycles. The smallest absolute Gasteiger partial charge is 0.123 e. The Morgan fingerprint density at radius 1 is 1.05 bits per heavy atom. The maximum Gasteiger partial charge on any atom is 0.123 e. The van der Waals surface area contributed by atoms with Crippen LogP contribution in [0.3, 0.4) is 0 Å². The molecule has 2 aromatic rings. The Labute approximate surface area is 119 Å². The highest BCUT2D eigenvalue weighted by Gasteiger charge is 2.06. The van der Waals surface area contributed by atoms with E-state index in [2.05, 4.69) is 32.0 Å². The molecule has 0 heterocycles. The highest BCUT2D eigenvalue weighted by molar-refractivity contribution is 5.35. The molecular weight excluding hydrogens is 253 g/mol. The summed E-state index contributed by atoms with van der Waals surface area (Å²) in [4.78, 5) is 0. The monoisotopic (exact) mass is 273 g/mol. The van der Waals surface area contributed by atoms with Crippen molar-refractivity contribution in [2.45, 2.75) is 26.9 Å². The molecule has 2 nitrogen and oxygen atoms in total. The first kappa shape index (κ1) is 14.5. The van der Waals surface area contributed by atoms with E-state index in [1.165, 1.54) is 23.3 Å². The topological polar surface area (TPSA) is 35.2 Å². The number of ether oxygens (including phenoxy) is 1. The normalized spacial score (nSPS) is 10.6. The lowest BCUT2D eigenvalue weighted by molar-refractivity contribution is 0.302. The molecule has 0 aromatic heterocycles. The molecule has 0 fully saturated rings. The van der Waals surface area contributed by atoms with Gasteiger partial charge in [-0.3, -0.25) is 0 Å². The first-order chi connectivity index (χ1) is 9.58. The number of benzene rings is 2. The van der Waals surface area contributed by atoms with Crippen LogP contribution in [0.2, 0.25) is 0 Å². The van der Waals surface area contributed by atoms with Crippen LogP contribution in [-0.4, -0.2) is 6.54 Å². The van der Waals surface area contributed by atoms with E-state index < -0.39 is 0 Å². The van der Waals surface area contributed by atoms with E-state index in [0.29, 0.717) is 25.3 Å². The SMILES string of the molecule is Cc1cc(C)cc(COc2ccc(F)cc2CCN)c1. The molecule has 2 N–H and O–H groups in total. The van der Waals surface area contributed by atoms with Crippen LogP contribution in [0.15, 0.2) is 36.4 Å². The molecule has 0 radical (unpaired) electrons.